The van der Waals surface area contributed by atoms with E-state index in [9.17, 15) is 18.0 Å². The van der Waals surface area contributed by atoms with Gasteiger partial charge in [-0.05, 0) is 56.2 Å². The van der Waals surface area contributed by atoms with Gasteiger partial charge in [0.25, 0.3) is 5.56 Å². The number of carbonyl (C=O) groups is 1. The summed E-state index contributed by atoms with van der Waals surface area (Å²) < 4.78 is 29.0. The van der Waals surface area contributed by atoms with Gasteiger partial charge in [0.2, 0.25) is 15.9 Å². The number of amides is 1. The first-order valence-corrected chi connectivity index (χ1v) is 12.7. The lowest BCUT2D eigenvalue weighted by atomic mass is 10.1. The number of rotatable bonds is 5. The third kappa shape index (κ3) is 3.98. The molecule has 1 aliphatic heterocycles. The van der Waals surface area contributed by atoms with Gasteiger partial charge in [-0.1, -0.05) is 17.7 Å². The Morgan fingerprint density at radius 1 is 1.28 bits per heavy atom. The molecule has 0 saturated carbocycles. The minimum atomic E-state index is -3.83. The van der Waals surface area contributed by atoms with Crippen molar-refractivity contribution in [3.05, 3.63) is 56.4 Å². The number of H-pyrrole nitrogens is 1. The summed E-state index contributed by atoms with van der Waals surface area (Å²) in [5.74, 6) is 0.0657. The lowest BCUT2D eigenvalue weighted by Gasteiger charge is -2.28. The Balaban J connectivity index is 1.59. The molecule has 32 heavy (non-hydrogen) atoms. The van der Waals surface area contributed by atoms with E-state index in [1.165, 1.54) is 20.5 Å². The van der Waals surface area contributed by atoms with E-state index in [0.29, 0.717) is 46.6 Å². The number of nitrogens with one attached hydrogen (secondary N) is 1. The van der Waals surface area contributed by atoms with Crippen molar-refractivity contribution in [2.45, 2.75) is 51.1 Å². The number of hydrogen-bond acceptors (Lipinski definition) is 6. The van der Waals surface area contributed by atoms with Crippen molar-refractivity contribution < 1.29 is 13.2 Å². The van der Waals surface area contributed by atoms with Gasteiger partial charge in [-0.15, -0.1) is 11.3 Å². The van der Waals surface area contributed by atoms with Crippen molar-refractivity contribution in [2.24, 2.45) is 0 Å². The number of carbonyl (C=O) groups excluding carboxylic acids is 1. The Morgan fingerprint density at radius 2 is 1.97 bits per heavy atom. The Labute approximate surface area is 190 Å². The van der Waals surface area contributed by atoms with Crippen molar-refractivity contribution in [3.8, 4) is 0 Å². The van der Waals surface area contributed by atoms with Gasteiger partial charge in [0, 0.05) is 13.6 Å². The molecule has 2 aromatic heterocycles. The standard InChI is InChI=1S/C22H26N4O4S2/c1-13-10-14(2)20(15(3)11-13)32(29,30)26-8-5-6-17(26)22(28)25(4)12-18-23-16-7-9-31-19(16)21(27)24-18/h7,9-11,17H,5-6,8,12H2,1-4H3,(H,23,24,27). The molecule has 0 spiro atoms. The normalized spacial score (nSPS) is 17.2. The van der Waals surface area contributed by atoms with Crippen LogP contribution in [-0.2, 0) is 21.4 Å². The summed E-state index contributed by atoms with van der Waals surface area (Å²) in [4.78, 5) is 34.3. The highest BCUT2D eigenvalue weighted by Crippen LogP contribution is 2.31. The lowest BCUT2D eigenvalue weighted by molar-refractivity contribution is -0.133. The minimum Gasteiger partial charge on any atom is -0.337 e. The fourth-order valence-electron chi connectivity index (χ4n) is 4.52. The van der Waals surface area contributed by atoms with Gasteiger partial charge in [-0.3, -0.25) is 9.59 Å². The molecule has 0 aliphatic carbocycles. The second kappa shape index (κ2) is 8.42. The minimum absolute atomic E-state index is 0.0901. The number of thiophene rings is 1. The van der Waals surface area contributed by atoms with Crippen LogP contribution in [0.5, 0.6) is 0 Å². The van der Waals surface area contributed by atoms with Crippen molar-refractivity contribution in [1.29, 1.82) is 0 Å². The first-order valence-electron chi connectivity index (χ1n) is 10.4. The molecule has 1 atom stereocenters. The van der Waals surface area contributed by atoms with Crippen molar-refractivity contribution in [3.63, 3.8) is 0 Å². The lowest BCUT2D eigenvalue weighted by Crippen LogP contribution is -2.46. The van der Waals surface area contributed by atoms with Gasteiger partial charge >= 0.3 is 0 Å². The van der Waals surface area contributed by atoms with Crippen molar-refractivity contribution in [2.75, 3.05) is 13.6 Å². The van der Waals surface area contributed by atoms with Crippen LogP contribution in [-0.4, -0.2) is 53.1 Å². The first-order chi connectivity index (χ1) is 15.1. The van der Waals surface area contributed by atoms with Crippen LogP contribution in [0.4, 0.5) is 0 Å². The summed E-state index contributed by atoms with van der Waals surface area (Å²) in [6, 6.07) is 4.68. The van der Waals surface area contributed by atoms with Crippen LogP contribution in [0.3, 0.4) is 0 Å². The molecule has 0 radical (unpaired) electrons. The van der Waals surface area contributed by atoms with E-state index in [4.69, 9.17) is 0 Å². The maximum atomic E-state index is 13.5. The summed E-state index contributed by atoms with van der Waals surface area (Å²) in [6.07, 6.45) is 1.07. The molecule has 1 aromatic carbocycles. The predicted molar refractivity (Wildman–Crippen MR) is 124 cm³/mol. The second-order valence-electron chi connectivity index (χ2n) is 8.34. The first kappa shape index (κ1) is 22.6. The largest absolute Gasteiger partial charge is 0.337 e. The van der Waals surface area contributed by atoms with Crippen LogP contribution in [0, 0.1) is 20.8 Å². The number of benzene rings is 1. The molecule has 1 aliphatic rings. The summed E-state index contributed by atoms with van der Waals surface area (Å²) in [5.41, 5.74) is 2.71. The van der Waals surface area contributed by atoms with Crippen LogP contribution >= 0.6 is 11.3 Å². The monoisotopic (exact) mass is 474 g/mol. The van der Waals surface area contributed by atoms with E-state index in [0.717, 1.165) is 5.56 Å². The van der Waals surface area contributed by atoms with Crippen molar-refractivity contribution in [1.82, 2.24) is 19.2 Å². The maximum Gasteiger partial charge on any atom is 0.268 e. The third-order valence-corrected chi connectivity index (χ3v) is 8.90. The van der Waals surface area contributed by atoms with Gasteiger partial charge in [0.1, 0.15) is 16.6 Å². The molecule has 4 rings (SSSR count). The zero-order valence-electron chi connectivity index (χ0n) is 18.5. The average molecular weight is 475 g/mol. The fourth-order valence-corrected chi connectivity index (χ4v) is 7.31. The average Bonchev–Trinajstić information content (AvgIpc) is 3.36. The zero-order chi connectivity index (χ0) is 23.2. The topological polar surface area (TPSA) is 103 Å². The number of aromatic nitrogens is 2. The molecule has 170 valence electrons. The molecular weight excluding hydrogens is 448 g/mol. The highest BCUT2D eigenvalue weighted by Gasteiger charge is 2.41. The summed E-state index contributed by atoms with van der Waals surface area (Å²) >= 11 is 1.31. The van der Waals surface area contributed by atoms with Crippen molar-refractivity contribution >= 4 is 37.5 Å². The van der Waals surface area contributed by atoms with E-state index in [1.807, 2.05) is 19.1 Å². The molecule has 1 amide bonds. The number of aromatic amines is 1. The number of sulfonamides is 1. The third-order valence-electron chi connectivity index (χ3n) is 5.79. The summed E-state index contributed by atoms with van der Waals surface area (Å²) in [7, 11) is -2.23. The second-order valence-corrected chi connectivity index (χ2v) is 11.1. The van der Waals surface area contributed by atoms with Crippen LogP contribution in [0.1, 0.15) is 35.4 Å². The molecular formula is C22H26N4O4S2. The highest BCUT2D eigenvalue weighted by atomic mass is 32.2. The van der Waals surface area contributed by atoms with Gasteiger partial charge in [0.05, 0.1) is 17.0 Å². The SMILES string of the molecule is Cc1cc(C)c(S(=O)(=O)N2CCCC2C(=O)N(C)Cc2nc3ccsc3c(=O)[nH]2)c(C)c1. The number of aryl methyl sites for hydroxylation is 3. The number of likely N-dealkylation sites (N-methyl/N-ethyl adjacent to an activating group) is 1. The van der Waals surface area contributed by atoms with E-state index >= 15 is 0 Å². The molecule has 1 unspecified atom stereocenters. The Hall–Kier alpha value is -2.56. The van der Waals surface area contributed by atoms with Crippen LogP contribution in [0.2, 0.25) is 0 Å². The summed E-state index contributed by atoms with van der Waals surface area (Å²) in [6.45, 7) is 5.89. The Morgan fingerprint density at radius 3 is 2.66 bits per heavy atom. The molecule has 3 heterocycles. The molecule has 0 bridgehead atoms. The zero-order valence-corrected chi connectivity index (χ0v) is 20.1. The van der Waals surface area contributed by atoms with E-state index in [2.05, 4.69) is 9.97 Å². The summed E-state index contributed by atoms with van der Waals surface area (Å²) in [5, 5.41) is 1.79. The van der Waals surface area contributed by atoms with Gasteiger partial charge in [-0.25, -0.2) is 13.4 Å². The van der Waals surface area contributed by atoms with Crippen LogP contribution in [0.25, 0.3) is 10.2 Å². The molecule has 8 nitrogen and oxygen atoms in total. The smallest absolute Gasteiger partial charge is 0.268 e. The Kier molecular flexibility index (Phi) is 5.95. The number of nitrogens with zero attached hydrogens (tertiary/aromatic N) is 3. The molecule has 10 heteroatoms. The quantitative estimate of drug-likeness (QED) is 0.612. The number of hydrogen-bond donors (Lipinski definition) is 1. The van der Waals surface area contributed by atoms with Gasteiger partial charge in [0.15, 0.2) is 0 Å². The fraction of sp³-hybridized carbons (Fsp3) is 0.409. The molecule has 1 fully saturated rings. The van der Waals surface area contributed by atoms with Gasteiger partial charge < -0.3 is 9.88 Å². The molecule has 1 N–H and O–H groups in total. The predicted octanol–water partition coefficient (Wildman–Crippen LogP) is 2.72. The maximum absolute atomic E-state index is 13.5. The van der Waals surface area contributed by atoms with E-state index in [1.54, 1.807) is 32.3 Å². The number of fused-ring (bicyclic) bond motifs is 1. The Bertz CT molecular complexity index is 1340. The van der Waals surface area contributed by atoms with E-state index < -0.39 is 16.1 Å². The van der Waals surface area contributed by atoms with Crippen LogP contribution in [0.15, 0.2) is 33.3 Å². The van der Waals surface area contributed by atoms with Gasteiger partial charge in [-0.2, -0.15) is 4.31 Å². The van der Waals surface area contributed by atoms with E-state index in [-0.39, 0.29) is 22.9 Å². The molecule has 3 aromatic rings. The highest BCUT2D eigenvalue weighted by molar-refractivity contribution is 7.89. The molecule has 1 saturated heterocycles. The van der Waals surface area contributed by atoms with Crippen LogP contribution < -0.4 is 5.56 Å².